The van der Waals surface area contributed by atoms with Crippen LogP contribution in [-0.4, -0.2) is 69.9 Å². The fourth-order valence-electron chi connectivity index (χ4n) is 4.09. The van der Waals surface area contributed by atoms with Crippen LogP contribution in [0.5, 0.6) is 11.5 Å². The third-order valence-corrected chi connectivity index (χ3v) is 9.20. The molecule has 4 rings (SSSR count). The van der Waals surface area contributed by atoms with Gasteiger partial charge in [-0.05, 0) is 30.3 Å². The molecule has 1 fully saturated rings. The Labute approximate surface area is 236 Å². The van der Waals surface area contributed by atoms with Gasteiger partial charge in [0.2, 0.25) is 9.84 Å². The summed E-state index contributed by atoms with van der Waals surface area (Å²) in [5.74, 6) is -1.12. The summed E-state index contributed by atoms with van der Waals surface area (Å²) in [7, 11) is -2.03. The van der Waals surface area contributed by atoms with Gasteiger partial charge in [-0.15, -0.1) is 0 Å². The van der Waals surface area contributed by atoms with Crippen molar-refractivity contribution < 1.29 is 32.2 Å². The molecule has 0 spiro atoms. The lowest BCUT2D eigenvalue weighted by atomic mass is 10.0. The van der Waals surface area contributed by atoms with Crippen molar-refractivity contribution in [1.29, 1.82) is 0 Å². The van der Waals surface area contributed by atoms with E-state index in [2.05, 4.69) is 5.32 Å². The third kappa shape index (κ3) is 5.69. The minimum absolute atomic E-state index is 0.000848. The van der Waals surface area contributed by atoms with Gasteiger partial charge in [0, 0.05) is 41.0 Å². The highest BCUT2D eigenvalue weighted by atomic mass is 35.5. The van der Waals surface area contributed by atoms with E-state index in [1.165, 1.54) is 55.5 Å². The minimum atomic E-state index is -4.73. The van der Waals surface area contributed by atoms with Gasteiger partial charge in [0.1, 0.15) is 16.4 Å². The lowest BCUT2D eigenvalue weighted by molar-refractivity contribution is -0.135. The molecule has 206 valence electrons. The number of benzene rings is 3. The lowest BCUT2D eigenvalue weighted by Crippen LogP contribution is -2.57. The van der Waals surface area contributed by atoms with Crippen LogP contribution in [0.25, 0.3) is 0 Å². The first-order valence-corrected chi connectivity index (χ1v) is 14.1. The van der Waals surface area contributed by atoms with E-state index in [0.717, 1.165) is 0 Å². The van der Waals surface area contributed by atoms with Gasteiger partial charge in [-0.3, -0.25) is 9.59 Å². The van der Waals surface area contributed by atoms with Crippen LogP contribution in [0.15, 0.2) is 71.6 Å². The Kier molecular flexibility index (Phi) is 8.70. The number of ketones is 1. The highest BCUT2D eigenvalue weighted by Gasteiger charge is 2.54. The first kappa shape index (κ1) is 28.7. The summed E-state index contributed by atoms with van der Waals surface area (Å²) in [6.07, 6.45) is 0. The molecule has 39 heavy (non-hydrogen) atoms. The number of sulfone groups is 1. The Morgan fingerprint density at radius 3 is 2.31 bits per heavy atom. The fraction of sp³-hybridized carbons (Fsp3) is 0.259. The molecule has 0 aliphatic carbocycles. The zero-order chi connectivity index (χ0) is 28.2. The number of nitrogens with zero attached hydrogens (tertiary/aromatic N) is 1. The summed E-state index contributed by atoms with van der Waals surface area (Å²) in [4.78, 5) is 28.3. The van der Waals surface area contributed by atoms with Crippen molar-refractivity contribution in [3.05, 3.63) is 82.9 Å². The largest absolute Gasteiger partial charge is 0.497 e. The van der Waals surface area contributed by atoms with Crippen molar-refractivity contribution >= 4 is 50.4 Å². The number of nitrogens with one attached hydrogen (secondary N) is 1. The Bertz CT molecular complexity index is 1480. The molecule has 1 amide bonds. The number of rotatable bonds is 9. The Hall–Kier alpha value is -3.31. The fourth-order valence-corrected chi connectivity index (χ4v) is 6.29. The smallest absolute Gasteiger partial charge is 0.299 e. The minimum Gasteiger partial charge on any atom is -0.497 e. The first-order valence-electron chi connectivity index (χ1n) is 11.8. The highest BCUT2D eigenvalue weighted by molar-refractivity contribution is 7.95. The predicted molar refractivity (Wildman–Crippen MR) is 148 cm³/mol. The van der Waals surface area contributed by atoms with Gasteiger partial charge >= 0.3 is 0 Å². The van der Waals surface area contributed by atoms with Crippen LogP contribution in [0.3, 0.4) is 0 Å². The van der Waals surface area contributed by atoms with Gasteiger partial charge in [0.05, 0.1) is 27.4 Å². The summed E-state index contributed by atoms with van der Waals surface area (Å²) in [5.41, 5.74) is 0.369. The molecule has 1 atom stereocenters. The van der Waals surface area contributed by atoms with Gasteiger partial charge in [0.25, 0.3) is 10.2 Å². The number of hydrogen-bond donors (Lipinski definition) is 1. The first-order chi connectivity index (χ1) is 18.6. The van der Waals surface area contributed by atoms with Crippen LogP contribution in [0.1, 0.15) is 15.9 Å². The number of anilines is 1. The van der Waals surface area contributed by atoms with Crippen LogP contribution < -0.4 is 14.8 Å². The second kappa shape index (κ2) is 11.8. The number of carbonyl (C=O) groups is 2. The quantitative estimate of drug-likeness (QED) is 0.223. The van der Waals surface area contributed by atoms with Crippen molar-refractivity contribution in [3.8, 4) is 11.5 Å². The van der Waals surface area contributed by atoms with E-state index in [4.69, 9.17) is 37.4 Å². The average Bonchev–Trinajstić information content (AvgIpc) is 2.97. The van der Waals surface area contributed by atoms with Gasteiger partial charge < -0.3 is 24.4 Å². The molecule has 0 bridgehead atoms. The molecular formula is C27H26Cl2N2O7S. The Morgan fingerprint density at radius 1 is 0.974 bits per heavy atom. The van der Waals surface area contributed by atoms with E-state index in [0.29, 0.717) is 11.3 Å². The topological polar surface area (TPSA) is 111 Å². The molecule has 1 saturated heterocycles. The average molecular weight is 593 g/mol. The van der Waals surface area contributed by atoms with Gasteiger partial charge in [-0.2, -0.15) is 0 Å². The maximum Gasteiger partial charge on any atom is 0.299 e. The molecule has 3 aromatic rings. The zero-order valence-corrected chi connectivity index (χ0v) is 23.5. The maximum absolute atomic E-state index is 14.2. The van der Waals surface area contributed by atoms with Crippen molar-refractivity contribution in [2.75, 3.05) is 45.8 Å². The van der Waals surface area contributed by atoms with E-state index in [1.807, 2.05) is 0 Å². The second-order valence-electron chi connectivity index (χ2n) is 8.53. The van der Waals surface area contributed by atoms with Crippen LogP contribution in [0.4, 0.5) is 5.69 Å². The molecule has 12 heteroatoms. The lowest BCUT2D eigenvalue weighted by Gasteiger charge is -2.35. The number of methoxy groups -OCH3 is 2. The zero-order valence-electron chi connectivity index (χ0n) is 21.1. The summed E-state index contributed by atoms with van der Waals surface area (Å²) >= 11 is 13.1. The number of alkyl halides is 1. The molecule has 1 aliphatic rings. The number of morpholine rings is 1. The molecule has 1 aliphatic heterocycles. The molecule has 3 aromatic carbocycles. The van der Waals surface area contributed by atoms with Crippen molar-refractivity contribution in [2.24, 2.45) is 0 Å². The predicted octanol–water partition coefficient (Wildman–Crippen LogP) is 4.23. The van der Waals surface area contributed by atoms with Crippen molar-refractivity contribution in [1.82, 2.24) is 4.90 Å². The summed E-state index contributed by atoms with van der Waals surface area (Å²) in [5, 5.41) is 2.93. The third-order valence-electron chi connectivity index (χ3n) is 6.16. The number of carbonyl (C=O) groups excluding carboxylic acids is 2. The molecule has 1 N–H and O–H groups in total. The second-order valence-corrected chi connectivity index (χ2v) is 11.8. The molecule has 0 radical (unpaired) electrons. The summed E-state index contributed by atoms with van der Waals surface area (Å²) < 4.78 is 41.5. The molecule has 1 unspecified atom stereocenters. The van der Waals surface area contributed by atoms with Crippen molar-refractivity contribution in [2.45, 2.75) is 9.23 Å². The number of hydrogen-bond acceptors (Lipinski definition) is 8. The number of ether oxygens (including phenoxy) is 3. The standard InChI is InChI=1S/C27H26Cl2N2O7S/c1-36-20-9-11-24(23(17-20)37-2)39(34,35)27(29,26(33)31-12-14-38-15-13-31)30-22-10-8-19(28)16-21(22)25(32)18-6-4-3-5-7-18/h3-11,16-17,30H,12-15H2,1-2H3. The molecular weight excluding hydrogens is 567 g/mol. The molecule has 1 heterocycles. The number of halogens is 2. The van der Waals surface area contributed by atoms with Gasteiger partial charge in [-0.1, -0.05) is 53.5 Å². The monoisotopic (exact) mass is 592 g/mol. The van der Waals surface area contributed by atoms with E-state index in [9.17, 15) is 18.0 Å². The summed E-state index contributed by atoms with van der Waals surface area (Å²) in [6.45, 7) is 0.675. The van der Waals surface area contributed by atoms with Crippen LogP contribution in [0, 0.1) is 0 Å². The highest BCUT2D eigenvalue weighted by Crippen LogP contribution is 2.40. The van der Waals surface area contributed by atoms with Crippen LogP contribution in [0.2, 0.25) is 5.02 Å². The molecule has 0 saturated carbocycles. The normalized spacial score (nSPS) is 15.2. The molecule has 9 nitrogen and oxygen atoms in total. The van der Waals surface area contributed by atoms with Crippen LogP contribution in [-0.2, 0) is 19.4 Å². The SMILES string of the molecule is COc1ccc(S(=O)(=O)C(Cl)(Nc2ccc(Cl)cc2C(=O)c2ccccc2)C(=O)N2CCOCC2)c(OC)c1. The summed E-state index contributed by atoms with van der Waals surface area (Å²) in [6, 6.07) is 16.6. The van der Waals surface area contributed by atoms with Gasteiger partial charge in [-0.25, -0.2) is 8.42 Å². The van der Waals surface area contributed by atoms with Crippen molar-refractivity contribution in [3.63, 3.8) is 0 Å². The van der Waals surface area contributed by atoms with E-state index in [1.54, 1.807) is 30.3 Å². The molecule has 0 aromatic heterocycles. The maximum atomic E-state index is 14.2. The Morgan fingerprint density at radius 2 is 1.67 bits per heavy atom. The van der Waals surface area contributed by atoms with Gasteiger partial charge in [0.15, 0.2) is 5.78 Å². The Balaban J connectivity index is 1.88. The van der Waals surface area contributed by atoms with E-state index in [-0.39, 0.29) is 53.2 Å². The van der Waals surface area contributed by atoms with E-state index < -0.39 is 25.9 Å². The van der Waals surface area contributed by atoms with Crippen LogP contribution >= 0.6 is 23.2 Å². The number of amides is 1. The van der Waals surface area contributed by atoms with E-state index >= 15 is 0 Å².